The fourth-order valence-corrected chi connectivity index (χ4v) is 1.73. The summed E-state index contributed by atoms with van der Waals surface area (Å²) in [5.74, 6) is -1.22. The SMILES string of the molecule is CC(CCNC(=O)C1CCCCN1)C(=O)O. The second kappa shape index (κ2) is 6.48. The van der Waals surface area contributed by atoms with Crippen LogP contribution in [-0.4, -0.2) is 36.1 Å². The Kier molecular flexibility index (Phi) is 5.25. The summed E-state index contributed by atoms with van der Waals surface area (Å²) in [6.45, 7) is 2.97. The van der Waals surface area contributed by atoms with Crippen molar-refractivity contribution in [3.63, 3.8) is 0 Å². The third-order valence-corrected chi connectivity index (χ3v) is 2.92. The van der Waals surface area contributed by atoms with Crippen molar-refractivity contribution >= 4 is 11.9 Å². The molecule has 1 amide bonds. The van der Waals surface area contributed by atoms with Gasteiger partial charge in [0, 0.05) is 6.54 Å². The van der Waals surface area contributed by atoms with Gasteiger partial charge in [-0.2, -0.15) is 0 Å². The van der Waals surface area contributed by atoms with Crippen LogP contribution in [-0.2, 0) is 9.59 Å². The van der Waals surface area contributed by atoms with Crippen molar-refractivity contribution in [2.45, 2.75) is 38.6 Å². The minimum atomic E-state index is -0.815. The maximum Gasteiger partial charge on any atom is 0.306 e. The van der Waals surface area contributed by atoms with E-state index < -0.39 is 11.9 Å². The monoisotopic (exact) mass is 228 g/mol. The summed E-state index contributed by atoms with van der Waals surface area (Å²) < 4.78 is 0. The first kappa shape index (κ1) is 13.0. The Labute approximate surface area is 95.6 Å². The van der Waals surface area contributed by atoms with Gasteiger partial charge in [0.05, 0.1) is 12.0 Å². The average Bonchev–Trinajstić information content (AvgIpc) is 2.29. The molecule has 0 aliphatic carbocycles. The predicted octanol–water partition coefficient (Wildman–Crippen LogP) is 0.356. The maximum atomic E-state index is 11.6. The summed E-state index contributed by atoms with van der Waals surface area (Å²) in [6.07, 6.45) is 3.56. The lowest BCUT2D eigenvalue weighted by atomic mass is 10.0. The Morgan fingerprint density at radius 3 is 2.81 bits per heavy atom. The minimum absolute atomic E-state index is 0.00251. The number of carboxylic acids is 1. The van der Waals surface area contributed by atoms with Crippen LogP contribution in [0.4, 0.5) is 0 Å². The van der Waals surface area contributed by atoms with E-state index >= 15 is 0 Å². The van der Waals surface area contributed by atoms with Crippen LogP contribution in [0.5, 0.6) is 0 Å². The highest BCUT2D eigenvalue weighted by Gasteiger charge is 2.20. The number of rotatable bonds is 5. The molecule has 5 heteroatoms. The molecule has 1 aliphatic rings. The summed E-state index contributed by atoms with van der Waals surface area (Å²) in [5.41, 5.74) is 0. The Hall–Kier alpha value is -1.10. The predicted molar refractivity (Wildman–Crippen MR) is 60.1 cm³/mol. The van der Waals surface area contributed by atoms with Crippen molar-refractivity contribution in [3.05, 3.63) is 0 Å². The lowest BCUT2D eigenvalue weighted by Gasteiger charge is -2.22. The van der Waals surface area contributed by atoms with Crippen molar-refractivity contribution in [1.29, 1.82) is 0 Å². The Bertz CT molecular complexity index is 250. The van der Waals surface area contributed by atoms with Gasteiger partial charge in [-0.3, -0.25) is 9.59 Å². The van der Waals surface area contributed by atoms with E-state index in [-0.39, 0.29) is 11.9 Å². The average molecular weight is 228 g/mol. The van der Waals surface area contributed by atoms with Gasteiger partial charge in [-0.05, 0) is 25.8 Å². The Morgan fingerprint density at radius 2 is 2.25 bits per heavy atom. The summed E-state index contributed by atoms with van der Waals surface area (Å²) in [7, 11) is 0. The van der Waals surface area contributed by atoms with Gasteiger partial charge in [0.15, 0.2) is 0 Å². The molecule has 0 aromatic rings. The van der Waals surface area contributed by atoms with Crippen molar-refractivity contribution in [2.75, 3.05) is 13.1 Å². The zero-order valence-corrected chi connectivity index (χ0v) is 9.66. The number of amides is 1. The maximum absolute atomic E-state index is 11.6. The normalized spacial score (nSPS) is 22.4. The largest absolute Gasteiger partial charge is 0.481 e. The van der Waals surface area contributed by atoms with Crippen molar-refractivity contribution in [2.24, 2.45) is 5.92 Å². The highest BCUT2D eigenvalue weighted by Crippen LogP contribution is 2.07. The van der Waals surface area contributed by atoms with Crippen LogP contribution in [0.2, 0.25) is 0 Å². The first-order chi connectivity index (χ1) is 7.61. The molecule has 1 rings (SSSR count). The van der Waals surface area contributed by atoms with Gasteiger partial charge in [-0.1, -0.05) is 13.3 Å². The van der Waals surface area contributed by atoms with Crippen LogP contribution in [0.15, 0.2) is 0 Å². The number of carboxylic acid groups (broad SMARTS) is 1. The number of hydrogen-bond donors (Lipinski definition) is 3. The Balaban J connectivity index is 2.16. The molecule has 0 aromatic carbocycles. The molecule has 5 nitrogen and oxygen atoms in total. The fraction of sp³-hybridized carbons (Fsp3) is 0.818. The molecule has 2 unspecified atom stereocenters. The molecule has 3 N–H and O–H groups in total. The van der Waals surface area contributed by atoms with Gasteiger partial charge in [0.25, 0.3) is 0 Å². The standard InChI is InChI=1S/C11H20N2O3/c1-8(11(15)16)5-7-13-10(14)9-4-2-3-6-12-9/h8-9,12H,2-7H2,1H3,(H,13,14)(H,15,16). The molecule has 1 saturated heterocycles. The highest BCUT2D eigenvalue weighted by molar-refractivity contribution is 5.81. The molecule has 2 atom stereocenters. The summed E-state index contributed by atoms with van der Waals surface area (Å²) >= 11 is 0. The topological polar surface area (TPSA) is 78.4 Å². The minimum Gasteiger partial charge on any atom is -0.481 e. The Morgan fingerprint density at radius 1 is 1.50 bits per heavy atom. The first-order valence-electron chi connectivity index (χ1n) is 5.85. The van der Waals surface area contributed by atoms with Crippen LogP contribution >= 0.6 is 0 Å². The molecule has 0 spiro atoms. The number of piperidine rings is 1. The molecule has 0 saturated carbocycles. The van der Waals surface area contributed by atoms with Gasteiger partial charge in [0.2, 0.25) is 5.91 Å². The number of carbonyl (C=O) groups excluding carboxylic acids is 1. The van der Waals surface area contributed by atoms with Gasteiger partial charge in [0.1, 0.15) is 0 Å². The number of carbonyl (C=O) groups is 2. The van der Waals surface area contributed by atoms with Crippen LogP contribution in [0, 0.1) is 5.92 Å². The van der Waals surface area contributed by atoms with E-state index in [4.69, 9.17) is 5.11 Å². The molecule has 0 aromatic heterocycles. The van der Waals surface area contributed by atoms with Gasteiger partial charge < -0.3 is 15.7 Å². The first-order valence-corrected chi connectivity index (χ1v) is 5.85. The fourth-order valence-electron chi connectivity index (χ4n) is 1.73. The van der Waals surface area contributed by atoms with E-state index in [1.807, 2.05) is 0 Å². The van der Waals surface area contributed by atoms with E-state index in [1.54, 1.807) is 6.92 Å². The molecule has 1 fully saturated rings. The third kappa shape index (κ3) is 4.18. The summed E-state index contributed by atoms with van der Waals surface area (Å²) in [6, 6.07) is -0.0890. The molecule has 92 valence electrons. The number of hydrogen-bond acceptors (Lipinski definition) is 3. The number of nitrogens with one attached hydrogen (secondary N) is 2. The molecule has 0 radical (unpaired) electrons. The molecule has 16 heavy (non-hydrogen) atoms. The molecular formula is C11H20N2O3. The van der Waals surface area contributed by atoms with E-state index in [9.17, 15) is 9.59 Å². The smallest absolute Gasteiger partial charge is 0.306 e. The van der Waals surface area contributed by atoms with Crippen molar-refractivity contribution in [1.82, 2.24) is 10.6 Å². The molecule has 1 aliphatic heterocycles. The van der Waals surface area contributed by atoms with E-state index in [1.165, 1.54) is 0 Å². The molecule has 0 bridgehead atoms. The molecule has 1 heterocycles. The lowest BCUT2D eigenvalue weighted by Crippen LogP contribution is -2.47. The van der Waals surface area contributed by atoms with Crippen molar-refractivity contribution in [3.8, 4) is 0 Å². The van der Waals surface area contributed by atoms with Crippen LogP contribution in [0.1, 0.15) is 32.6 Å². The summed E-state index contributed by atoms with van der Waals surface area (Å²) in [5, 5.41) is 14.6. The number of aliphatic carboxylic acids is 1. The van der Waals surface area contributed by atoms with E-state index in [2.05, 4.69) is 10.6 Å². The third-order valence-electron chi connectivity index (χ3n) is 2.92. The van der Waals surface area contributed by atoms with Gasteiger partial charge in [-0.25, -0.2) is 0 Å². The second-order valence-electron chi connectivity index (χ2n) is 4.32. The van der Waals surface area contributed by atoms with E-state index in [0.29, 0.717) is 13.0 Å². The van der Waals surface area contributed by atoms with Gasteiger partial charge >= 0.3 is 5.97 Å². The van der Waals surface area contributed by atoms with E-state index in [0.717, 1.165) is 25.8 Å². The summed E-state index contributed by atoms with van der Waals surface area (Å²) in [4.78, 5) is 22.2. The zero-order chi connectivity index (χ0) is 12.0. The lowest BCUT2D eigenvalue weighted by molar-refractivity contribution is -0.141. The van der Waals surface area contributed by atoms with Crippen LogP contribution in [0.25, 0.3) is 0 Å². The molecular weight excluding hydrogens is 208 g/mol. The quantitative estimate of drug-likeness (QED) is 0.634. The zero-order valence-electron chi connectivity index (χ0n) is 9.66. The van der Waals surface area contributed by atoms with Crippen LogP contribution in [0.3, 0.4) is 0 Å². The van der Waals surface area contributed by atoms with Crippen molar-refractivity contribution < 1.29 is 14.7 Å². The van der Waals surface area contributed by atoms with Gasteiger partial charge in [-0.15, -0.1) is 0 Å². The second-order valence-corrected chi connectivity index (χ2v) is 4.32. The highest BCUT2D eigenvalue weighted by atomic mass is 16.4. The van der Waals surface area contributed by atoms with Crippen LogP contribution < -0.4 is 10.6 Å².